The zero-order chi connectivity index (χ0) is 7.40. The van der Waals surface area contributed by atoms with Gasteiger partial charge in [0.25, 0.3) is 0 Å². The molecule has 0 bridgehead atoms. The summed E-state index contributed by atoms with van der Waals surface area (Å²) in [4.78, 5) is 11.3. The van der Waals surface area contributed by atoms with Crippen LogP contribution in [0.1, 0.15) is 6.92 Å². The van der Waals surface area contributed by atoms with Gasteiger partial charge in [0, 0.05) is 6.54 Å². The van der Waals surface area contributed by atoms with Crippen LogP contribution in [-0.4, -0.2) is 21.5 Å². The number of nitrogen functional groups attached to an aromatic ring is 1. The smallest absolute Gasteiger partial charge is 0.227 e. The van der Waals surface area contributed by atoms with Gasteiger partial charge in [-0.1, -0.05) is 0 Å². The van der Waals surface area contributed by atoms with E-state index in [1.54, 1.807) is 0 Å². The Labute approximate surface area is 58.7 Å². The molecule has 0 fully saturated rings. The fourth-order valence-corrected chi connectivity index (χ4v) is 0.552. The van der Waals surface area contributed by atoms with Crippen LogP contribution in [0.2, 0.25) is 0 Å². The summed E-state index contributed by atoms with van der Waals surface area (Å²) in [5, 5.41) is 2.91. The third kappa shape index (κ3) is 1.54. The van der Waals surface area contributed by atoms with Crippen molar-refractivity contribution < 1.29 is 0 Å². The minimum absolute atomic E-state index is 0.242. The normalized spacial score (nSPS) is 9.30. The molecule has 5 nitrogen and oxygen atoms in total. The molecule has 0 aliphatic carbocycles. The molecular weight excluding hydrogens is 130 g/mol. The number of aromatic nitrogens is 3. The predicted molar refractivity (Wildman–Crippen MR) is 38.4 cm³/mol. The molecule has 1 heterocycles. The summed E-state index contributed by atoms with van der Waals surface area (Å²) in [6, 6.07) is 0. The second-order valence-electron chi connectivity index (χ2n) is 1.70. The second kappa shape index (κ2) is 2.95. The monoisotopic (exact) mass is 139 g/mol. The Bertz CT molecular complexity index is 211. The second-order valence-corrected chi connectivity index (χ2v) is 1.70. The van der Waals surface area contributed by atoms with Crippen LogP contribution in [0, 0.1) is 0 Å². The fraction of sp³-hybridized carbons (Fsp3) is 0.400. The molecule has 10 heavy (non-hydrogen) atoms. The van der Waals surface area contributed by atoms with E-state index in [-0.39, 0.29) is 5.95 Å². The van der Waals surface area contributed by atoms with Gasteiger partial charge in [-0.25, -0.2) is 9.97 Å². The van der Waals surface area contributed by atoms with E-state index < -0.39 is 0 Å². The first-order chi connectivity index (χ1) is 4.83. The van der Waals surface area contributed by atoms with Gasteiger partial charge in [0.05, 0.1) is 0 Å². The molecular formula is C5H9N5. The highest BCUT2D eigenvalue weighted by atomic mass is 15.2. The number of anilines is 2. The van der Waals surface area contributed by atoms with E-state index in [0.717, 1.165) is 6.54 Å². The number of hydrogen-bond acceptors (Lipinski definition) is 5. The van der Waals surface area contributed by atoms with Crippen molar-refractivity contribution in [2.45, 2.75) is 6.92 Å². The molecule has 0 unspecified atom stereocenters. The van der Waals surface area contributed by atoms with Crippen LogP contribution >= 0.6 is 0 Å². The van der Waals surface area contributed by atoms with Gasteiger partial charge in [-0.2, -0.15) is 4.98 Å². The van der Waals surface area contributed by atoms with E-state index in [1.807, 2.05) is 6.92 Å². The molecule has 0 aliphatic rings. The number of nitrogens with two attached hydrogens (primary N) is 1. The van der Waals surface area contributed by atoms with Gasteiger partial charge < -0.3 is 11.1 Å². The van der Waals surface area contributed by atoms with E-state index in [2.05, 4.69) is 20.3 Å². The van der Waals surface area contributed by atoms with Gasteiger partial charge in [0.15, 0.2) is 0 Å². The SMILES string of the molecule is CCNc1ncnc(N)n1. The van der Waals surface area contributed by atoms with Crippen molar-refractivity contribution in [3.63, 3.8) is 0 Å². The highest BCUT2D eigenvalue weighted by molar-refractivity contribution is 5.28. The van der Waals surface area contributed by atoms with Crippen molar-refractivity contribution in [1.29, 1.82) is 0 Å². The van der Waals surface area contributed by atoms with Crippen molar-refractivity contribution in [3.8, 4) is 0 Å². The number of hydrogen-bond donors (Lipinski definition) is 2. The van der Waals surface area contributed by atoms with Gasteiger partial charge in [0.2, 0.25) is 11.9 Å². The first kappa shape index (κ1) is 6.73. The molecule has 1 aromatic rings. The molecule has 0 radical (unpaired) electrons. The minimum atomic E-state index is 0.242. The van der Waals surface area contributed by atoms with Crippen LogP contribution in [0.15, 0.2) is 6.33 Å². The summed E-state index contributed by atoms with van der Waals surface area (Å²) in [6.07, 6.45) is 1.38. The maximum atomic E-state index is 5.29. The molecule has 54 valence electrons. The summed E-state index contributed by atoms with van der Waals surface area (Å²) in [6.45, 7) is 2.74. The summed E-state index contributed by atoms with van der Waals surface area (Å²) >= 11 is 0. The lowest BCUT2D eigenvalue weighted by molar-refractivity contribution is 1.03. The third-order valence-corrected chi connectivity index (χ3v) is 0.925. The third-order valence-electron chi connectivity index (χ3n) is 0.925. The number of nitrogens with zero attached hydrogens (tertiary/aromatic N) is 3. The molecule has 0 saturated carbocycles. The average Bonchev–Trinajstić information content (AvgIpc) is 1.88. The molecule has 0 amide bonds. The zero-order valence-electron chi connectivity index (χ0n) is 5.70. The van der Waals surface area contributed by atoms with Crippen LogP contribution in [0.3, 0.4) is 0 Å². The Morgan fingerprint density at radius 3 is 3.00 bits per heavy atom. The Morgan fingerprint density at radius 1 is 1.60 bits per heavy atom. The molecule has 0 saturated heterocycles. The molecule has 0 atom stereocenters. The van der Waals surface area contributed by atoms with Gasteiger partial charge in [-0.05, 0) is 6.92 Å². The topological polar surface area (TPSA) is 76.7 Å². The number of rotatable bonds is 2. The molecule has 3 N–H and O–H groups in total. The summed E-state index contributed by atoms with van der Waals surface area (Å²) in [5.41, 5.74) is 5.29. The predicted octanol–water partition coefficient (Wildman–Crippen LogP) is -0.114. The summed E-state index contributed by atoms with van der Waals surface area (Å²) in [5.74, 6) is 0.765. The molecule has 0 spiro atoms. The lowest BCUT2D eigenvalue weighted by Gasteiger charge is -1.98. The van der Waals surface area contributed by atoms with E-state index in [9.17, 15) is 0 Å². The lowest BCUT2D eigenvalue weighted by atomic mass is 10.7. The molecule has 0 aliphatic heterocycles. The fourth-order valence-electron chi connectivity index (χ4n) is 0.552. The van der Waals surface area contributed by atoms with Crippen LogP contribution < -0.4 is 11.1 Å². The van der Waals surface area contributed by atoms with E-state index in [4.69, 9.17) is 5.73 Å². The minimum Gasteiger partial charge on any atom is -0.368 e. The van der Waals surface area contributed by atoms with Gasteiger partial charge in [-0.15, -0.1) is 0 Å². The van der Waals surface area contributed by atoms with Crippen LogP contribution in [0.5, 0.6) is 0 Å². The van der Waals surface area contributed by atoms with Gasteiger partial charge >= 0.3 is 0 Å². The largest absolute Gasteiger partial charge is 0.368 e. The van der Waals surface area contributed by atoms with E-state index in [0.29, 0.717) is 5.95 Å². The van der Waals surface area contributed by atoms with Crippen molar-refractivity contribution in [2.75, 3.05) is 17.6 Å². The van der Waals surface area contributed by atoms with Crippen molar-refractivity contribution in [1.82, 2.24) is 15.0 Å². The Morgan fingerprint density at radius 2 is 2.40 bits per heavy atom. The Hall–Kier alpha value is -1.39. The molecule has 0 aromatic carbocycles. The summed E-state index contributed by atoms with van der Waals surface area (Å²) in [7, 11) is 0. The Kier molecular flexibility index (Phi) is 1.99. The maximum absolute atomic E-state index is 5.29. The van der Waals surface area contributed by atoms with Crippen LogP contribution in [0.25, 0.3) is 0 Å². The lowest BCUT2D eigenvalue weighted by Crippen LogP contribution is -2.04. The first-order valence-corrected chi connectivity index (χ1v) is 3.01. The van der Waals surface area contributed by atoms with Gasteiger partial charge in [-0.3, -0.25) is 0 Å². The Balaban J connectivity index is 2.75. The van der Waals surface area contributed by atoms with Crippen molar-refractivity contribution in [3.05, 3.63) is 6.33 Å². The molecule has 1 aromatic heterocycles. The maximum Gasteiger partial charge on any atom is 0.227 e. The van der Waals surface area contributed by atoms with Crippen molar-refractivity contribution >= 4 is 11.9 Å². The van der Waals surface area contributed by atoms with Gasteiger partial charge in [0.1, 0.15) is 6.33 Å². The quantitative estimate of drug-likeness (QED) is 0.597. The molecule has 1 rings (SSSR count). The van der Waals surface area contributed by atoms with Crippen LogP contribution in [-0.2, 0) is 0 Å². The standard InChI is InChI=1S/C5H9N5/c1-2-7-5-9-3-8-4(6)10-5/h3H,2H2,1H3,(H3,6,7,8,9,10). The van der Waals surface area contributed by atoms with Crippen molar-refractivity contribution in [2.24, 2.45) is 0 Å². The van der Waals surface area contributed by atoms with E-state index in [1.165, 1.54) is 6.33 Å². The summed E-state index contributed by atoms with van der Waals surface area (Å²) < 4.78 is 0. The average molecular weight is 139 g/mol. The highest BCUT2D eigenvalue weighted by Gasteiger charge is 1.92. The first-order valence-electron chi connectivity index (χ1n) is 3.01. The zero-order valence-corrected chi connectivity index (χ0v) is 5.70. The number of nitrogens with one attached hydrogen (secondary N) is 1. The van der Waals surface area contributed by atoms with Crippen LogP contribution in [0.4, 0.5) is 11.9 Å². The highest BCUT2D eigenvalue weighted by Crippen LogP contribution is 1.95. The van der Waals surface area contributed by atoms with E-state index >= 15 is 0 Å². The molecule has 5 heteroatoms.